The first-order valence-electron chi connectivity index (χ1n) is 7.58. The molecule has 2 aliphatic heterocycles. The Morgan fingerprint density at radius 3 is 3.00 bits per heavy atom. The predicted octanol–water partition coefficient (Wildman–Crippen LogP) is 1.08. The lowest BCUT2D eigenvalue weighted by atomic mass is 10.1. The summed E-state index contributed by atoms with van der Waals surface area (Å²) in [5.41, 5.74) is 2.70. The fourth-order valence-corrected chi connectivity index (χ4v) is 3.12. The van der Waals surface area contributed by atoms with Crippen LogP contribution in [0.2, 0.25) is 0 Å². The van der Waals surface area contributed by atoms with E-state index in [0.717, 1.165) is 30.6 Å². The van der Waals surface area contributed by atoms with Gasteiger partial charge in [-0.2, -0.15) is 0 Å². The van der Waals surface area contributed by atoms with Crippen LogP contribution in [-0.4, -0.2) is 37.5 Å². The minimum Gasteiger partial charge on any atom is -0.350 e. The van der Waals surface area contributed by atoms with Gasteiger partial charge in [0, 0.05) is 37.3 Å². The minimum atomic E-state index is -0.0345. The molecule has 2 aliphatic rings. The van der Waals surface area contributed by atoms with Crippen molar-refractivity contribution < 1.29 is 9.59 Å². The van der Waals surface area contributed by atoms with Gasteiger partial charge in [-0.1, -0.05) is 0 Å². The summed E-state index contributed by atoms with van der Waals surface area (Å²) in [4.78, 5) is 25.5. The zero-order valence-electron chi connectivity index (χ0n) is 12.3. The van der Waals surface area contributed by atoms with Gasteiger partial charge in [-0.3, -0.25) is 9.59 Å². The summed E-state index contributed by atoms with van der Waals surface area (Å²) in [6.45, 7) is 4.00. The van der Waals surface area contributed by atoms with Crippen LogP contribution in [0.3, 0.4) is 0 Å². The normalized spacial score (nSPS) is 20.4. The number of carbonyl (C=O) groups excluding carboxylic acids is 2. The van der Waals surface area contributed by atoms with E-state index in [0.29, 0.717) is 24.7 Å². The maximum Gasteiger partial charge on any atom is 0.251 e. The first kappa shape index (κ1) is 14.1. The Bertz CT molecular complexity index is 565. The fourth-order valence-electron chi connectivity index (χ4n) is 3.12. The number of rotatable bonds is 3. The van der Waals surface area contributed by atoms with Crippen LogP contribution in [0.15, 0.2) is 18.2 Å². The van der Waals surface area contributed by atoms with E-state index < -0.39 is 0 Å². The number of carbonyl (C=O) groups is 2. The quantitative estimate of drug-likeness (QED) is 0.874. The molecule has 0 bridgehead atoms. The van der Waals surface area contributed by atoms with Crippen molar-refractivity contribution in [2.45, 2.75) is 32.2 Å². The Hall–Kier alpha value is -1.88. The molecule has 3 rings (SSSR count). The van der Waals surface area contributed by atoms with Gasteiger partial charge in [0.1, 0.15) is 0 Å². The first-order valence-corrected chi connectivity index (χ1v) is 7.58. The topological polar surface area (TPSA) is 61.4 Å². The van der Waals surface area contributed by atoms with Crippen molar-refractivity contribution in [3.05, 3.63) is 29.3 Å². The highest BCUT2D eigenvalue weighted by Crippen LogP contribution is 2.28. The molecule has 2 N–H and O–H groups in total. The molecule has 1 atom stereocenters. The second-order valence-electron chi connectivity index (χ2n) is 5.77. The van der Waals surface area contributed by atoms with Crippen LogP contribution in [0.4, 0.5) is 5.69 Å². The molecule has 2 heterocycles. The smallest absolute Gasteiger partial charge is 0.251 e. The number of anilines is 1. The predicted molar refractivity (Wildman–Crippen MR) is 81.5 cm³/mol. The van der Waals surface area contributed by atoms with Crippen molar-refractivity contribution in [1.29, 1.82) is 0 Å². The molecule has 112 valence electrons. The van der Waals surface area contributed by atoms with Crippen LogP contribution in [-0.2, 0) is 11.2 Å². The minimum absolute atomic E-state index is 0.0345. The van der Waals surface area contributed by atoms with Crippen LogP contribution in [0.5, 0.6) is 0 Å². The van der Waals surface area contributed by atoms with E-state index in [-0.39, 0.29) is 11.8 Å². The third-order valence-electron chi connectivity index (χ3n) is 4.29. The SMILES string of the molecule is CC(=O)N1CCc2cc(C(=O)NCC3CCCN3)ccc21. The van der Waals surface area contributed by atoms with Gasteiger partial charge in [-0.15, -0.1) is 0 Å². The summed E-state index contributed by atoms with van der Waals surface area (Å²) in [6.07, 6.45) is 3.12. The third-order valence-corrected chi connectivity index (χ3v) is 4.29. The van der Waals surface area contributed by atoms with Gasteiger partial charge in [0.05, 0.1) is 0 Å². The number of hydrogen-bond donors (Lipinski definition) is 2. The van der Waals surface area contributed by atoms with Gasteiger partial charge < -0.3 is 15.5 Å². The van der Waals surface area contributed by atoms with Gasteiger partial charge in [-0.05, 0) is 49.6 Å². The molecule has 5 heteroatoms. The summed E-state index contributed by atoms with van der Waals surface area (Å²) in [6, 6.07) is 6.00. The Balaban J connectivity index is 1.66. The van der Waals surface area contributed by atoms with Crippen molar-refractivity contribution in [3.8, 4) is 0 Å². The summed E-state index contributed by atoms with van der Waals surface area (Å²) in [5.74, 6) is 0.0195. The highest BCUT2D eigenvalue weighted by Gasteiger charge is 2.23. The van der Waals surface area contributed by atoms with Gasteiger partial charge in [-0.25, -0.2) is 0 Å². The lowest BCUT2D eigenvalue weighted by Gasteiger charge is -2.15. The summed E-state index contributed by atoms with van der Waals surface area (Å²) in [5, 5.41) is 6.35. The maximum atomic E-state index is 12.2. The number of nitrogens with zero attached hydrogens (tertiary/aromatic N) is 1. The van der Waals surface area contributed by atoms with Gasteiger partial charge in [0.15, 0.2) is 0 Å². The van der Waals surface area contributed by atoms with Gasteiger partial charge in [0.25, 0.3) is 5.91 Å². The zero-order valence-corrected chi connectivity index (χ0v) is 12.3. The zero-order chi connectivity index (χ0) is 14.8. The molecule has 21 heavy (non-hydrogen) atoms. The molecule has 5 nitrogen and oxygen atoms in total. The first-order chi connectivity index (χ1) is 10.1. The standard InChI is InChI=1S/C16H21N3O2/c1-11(20)19-8-6-12-9-13(4-5-15(12)19)16(21)18-10-14-3-2-7-17-14/h4-5,9,14,17H,2-3,6-8,10H2,1H3,(H,18,21). The van der Waals surface area contributed by atoms with Crippen molar-refractivity contribution >= 4 is 17.5 Å². The fraction of sp³-hybridized carbons (Fsp3) is 0.500. The molecular formula is C16H21N3O2. The van der Waals surface area contributed by atoms with Crippen LogP contribution in [0, 0.1) is 0 Å². The Kier molecular flexibility index (Phi) is 3.92. The lowest BCUT2D eigenvalue weighted by molar-refractivity contribution is -0.116. The monoisotopic (exact) mass is 287 g/mol. The number of nitrogens with one attached hydrogen (secondary N) is 2. The average molecular weight is 287 g/mol. The lowest BCUT2D eigenvalue weighted by Crippen LogP contribution is -2.37. The third kappa shape index (κ3) is 2.93. The number of fused-ring (bicyclic) bond motifs is 1. The van der Waals surface area contributed by atoms with Gasteiger partial charge >= 0.3 is 0 Å². The van der Waals surface area contributed by atoms with Crippen molar-refractivity contribution in [1.82, 2.24) is 10.6 Å². The molecule has 2 amide bonds. The highest BCUT2D eigenvalue weighted by molar-refractivity contribution is 5.97. The number of amides is 2. The van der Waals surface area contributed by atoms with E-state index in [9.17, 15) is 9.59 Å². The molecule has 0 spiro atoms. The average Bonchev–Trinajstić information content (AvgIpc) is 3.13. The summed E-state index contributed by atoms with van der Waals surface area (Å²) in [7, 11) is 0. The molecule has 1 unspecified atom stereocenters. The summed E-state index contributed by atoms with van der Waals surface area (Å²) < 4.78 is 0. The van der Waals surface area contributed by atoms with Gasteiger partial charge in [0.2, 0.25) is 5.91 Å². The molecule has 1 fully saturated rings. The van der Waals surface area contributed by atoms with Crippen LogP contribution < -0.4 is 15.5 Å². The van der Waals surface area contributed by atoms with E-state index in [4.69, 9.17) is 0 Å². The van der Waals surface area contributed by atoms with Crippen LogP contribution in [0.25, 0.3) is 0 Å². The Morgan fingerprint density at radius 1 is 1.43 bits per heavy atom. The second-order valence-corrected chi connectivity index (χ2v) is 5.77. The largest absolute Gasteiger partial charge is 0.350 e. The molecular weight excluding hydrogens is 266 g/mol. The van der Waals surface area contributed by atoms with Crippen molar-refractivity contribution in [3.63, 3.8) is 0 Å². The summed E-state index contributed by atoms with van der Waals surface area (Å²) >= 11 is 0. The van der Waals surface area contributed by atoms with Crippen molar-refractivity contribution in [2.75, 3.05) is 24.5 Å². The molecule has 0 saturated carbocycles. The van der Waals surface area contributed by atoms with E-state index in [1.54, 1.807) is 17.9 Å². The van der Waals surface area contributed by atoms with Crippen molar-refractivity contribution in [2.24, 2.45) is 0 Å². The van der Waals surface area contributed by atoms with E-state index in [1.807, 2.05) is 12.1 Å². The highest BCUT2D eigenvalue weighted by atomic mass is 16.2. The second kappa shape index (κ2) is 5.85. The van der Waals surface area contributed by atoms with Crippen LogP contribution in [0.1, 0.15) is 35.7 Å². The molecule has 0 radical (unpaired) electrons. The number of hydrogen-bond acceptors (Lipinski definition) is 3. The molecule has 1 saturated heterocycles. The molecule has 0 aliphatic carbocycles. The molecule has 0 aromatic heterocycles. The van der Waals surface area contributed by atoms with Crippen LogP contribution >= 0.6 is 0 Å². The molecule has 1 aromatic carbocycles. The van der Waals surface area contributed by atoms with E-state index in [2.05, 4.69) is 10.6 Å². The maximum absolute atomic E-state index is 12.2. The van der Waals surface area contributed by atoms with E-state index >= 15 is 0 Å². The Morgan fingerprint density at radius 2 is 2.29 bits per heavy atom. The Labute approximate surface area is 124 Å². The van der Waals surface area contributed by atoms with E-state index in [1.165, 1.54) is 6.42 Å². The molecule has 1 aromatic rings. The number of benzene rings is 1.